The highest BCUT2D eigenvalue weighted by Crippen LogP contribution is 2.09. The molecule has 76 valence electrons. The highest BCUT2D eigenvalue weighted by molar-refractivity contribution is 9.10. The SMILES string of the molecule is CC(Br)C(=O)NC(C)c1ccccn1. The quantitative estimate of drug-likeness (QED) is 0.842. The van der Waals surface area contributed by atoms with Crippen molar-refractivity contribution in [3.8, 4) is 0 Å². The molecule has 0 aliphatic rings. The second-order valence-corrected chi connectivity index (χ2v) is 4.47. The van der Waals surface area contributed by atoms with Crippen molar-refractivity contribution in [2.75, 3.05) is 0 Å². The predicted molar refractivity (Wildman–Crippen MR) is 59.2 cm³/mol. The third kappa shape index (κ3) is 3.10. The van der Waals surface area contributed by atoms with Gasteiger partial charge in [0.2, 0.25) is 5.91 Å². The summed E-state index contributed by atoms with van der Waals surface area (Å²) >= 11 is 3.21. The summed E-state index contributed by atoms with van der Waals surface area (Å²) in [6.07, 6.45) is 1.72. The first-order valence-electron chi connectivity index (χ1n) is 4.46. The summed E-state index contributed by atoms with van der Waals surface area (Å²) < 4.78 is 0. The molecule has 0 spiro atoms. The van der Waals surface area contributed by atoms with Crippen molar-refractivity contribution >= 4 is 21.8 Å². The molecule has 0 saturated heterocycles. The van der Waals surface area contributed by atoms with E-state index in [1.165, 1.54) is 0 Å². The van der Waals surface area contributed by atoms with Gasteiger partial charge in [0.1, 0.15) is 0 Å². The largest absolute Gasteiger partial charge is 0.347 e. The van der Waals surface area contributed by atoms with Crippen LogP contribution in [0.4, 0.5) is 0 Å². The van der Waals surface area contributed by atoms with Gasteiger partial charge in [-0.25, -0.2) is 0 Å². The van der Waals surface area contributed by atoms with E-state index in [1.807, 2.05) is 25.1 Å². The van der Waals surface area contributed by atoms with Gasteiger partial charge in [0, 0.05) is 6.20 Å². The second-order valence-electron chi connectivity index (χ2n) is 3.10. The maximum absolute atomic E-state index is 11.3. The lowest BCUT2D eigenvalue weighted by atomic mass is 10.2. The standard InChI is InChI=1S/C10H13BrN2O/c1-7(11)10(14)13-8(2)9-5-3-4-6-12-9/h3-8H,1-2H3,(H,13,14). The zero-order valence-corrected chi connectivity index (χ0v) is 9.78. The van der Waals surface area contributed by atoms with Gasteiger partial charge in [0.05, 0.1) is 16.6 Å². The lowest BCUT2D eigenvalue weighted by Crippen LogP contribution is -2.32. The predicted octanol–water partition coefficient (Wildman–Crippen LogP) is 2.04. The number of pyridine rings is 1. The van der Waals surface area contributed by atoms with Crippen LogP contribution in [0.3, 0.4) is 0 Å². The summed E-state index contributed by atoms with van der Waals surface area (Å²) in [6, 6.07) is 5.60. The molecule has 0 aromatic carbocycles. The number of rotatable bonds is 3. The van der Waals surface area contributed by atoms with Crippen LogP contribution in [0.5, 0.6) is 0 Å². The molecular weight excluding hydrogens is 244 g/mol. The Labute approximate surface area is 92.1 Å². The third-order valence-electron chi connectivity index (χ3n) is 1.85. The van der Waals surface area contributed by atoms with E-state index >= 15 is 0 Å². The van der Waals surface area contributed by atoms with Gasteiger partial charge in [-0.3, -0.25) is 9.78 Å². The number of carbonyl (C=O) groups excluding carboxylic acids is 1. The van der Waals surface area contributed by atoms with Crippen molar-refractivity contribution in [3.63, 3.8) is 0 Å². The molecule has 4 heteroatoms. The van der Waals surface area contributed by atoms with Crippen molar-refractivity contribution in [2.24, 2.45) is 0 Å². The number of hydrogen-bond donors (Lipinski definition) is 1. The number of nitrogens with one attached hydrogen (secondary N) is 1. The molecule has 1 aromatic heterocycles. The zero-order chi connectivity index (χ0) is 10.6. The van der Waals surface area contributed by atoms with Gasteiger partial charge in [-0.2, -0.15) is 0 Å². The fraction of sp³-hybridized carbons (Fsp3) is 0.400. The van der Waals surface area contributed by atoms with E-state index in [0.717, 1.165) is 5.69 Å². The molecule has 1 rings (SSSR count). The van der Waals surface area contributed by atoms with Crippen LogP contribution < -0.4 is 5.32 Å². The van der Waals surface area contributed by atoms with Crippen LogP contribution in [0.2, 0.25) is 0 Å². The smallest absolute Gasteiger partial charge is 0.234 e. The average Bonchev–Trinajstić information content (AvgIpc) is 2.19. The Kier molecular flexibility index (Phi) is 4.07. The highest BCUT2D eigenvalue weighted by atomic mass is 79.9. The minimum atomic E-state index is -0.173. The number of amides is 1. The molecule has 1 aromatic rings. The van der Waals surface area contributed by atoms with Crippen LogP contribution in [0.15, 0.2) is 24.4 Å². The van der Waals surface area contributed by atoms with E-state index in [-0.39, 0.29) is 16.8 Å². The van der Waals surface area contributed by atoms with Gasteiger partial charge >= 0.3 is 0 Å². The van der Waals surface area contributed by atoms with Crippen molar-refractivity contribution in [2.45, 2.75) is 24.7 Å². The topological polar surface area (TPSA) is 42.0 Å². The van der Waals surface area contributed by atoms with E-state index in [0.29, 0.717) is 0 Å². The first-order chi connectivity index (χ1) is 6.61. The van der Waals surface area contributed by atoms with Gasteiger partial charge in [-0.15, -0.1) is 0 Å². The van der Waals surface area contributed by atoms with Crippen LogP contribution in [0.25, 0.3) is 0 Å². The molecule has 2 unspecified atom stereocenters. The number of aromatic nitrogens is 1. The molecule has 1 amide bonds. The molecule has 14 heavy (non-hydrogen) atoms. The third-order valence-corrected chi connectivity index (χ3v) is 2.27. The first kappa shape index (κ1) is 11.2. The first-order valence-corrected chi connectivity index (χ1v) is 5.38. The van der Waals surface area contributed by atoms with E-state index < -0.39 is 0 Å². The maximum Gasteiger partial charge on any atom is 0.234 e. The van der Waals surface area contributed by atoms with Crippen LogP contribution in [0.1, 0.15) is 25.6 Å². The minimum absolute atomic E-state index is 0.0249. The number of carbonyl (C=O) groups is 1. The van der Waals surface area contributed by atoms with Gasteiger partial charge in [-0.1, -0.05) is 22.0 Å². The van der Waals surface area contributed by atoms with Gasteiger partial charge in [-0.05, 0) is 26.0 Å². The second kappa shape index (κ2) is 5.10. The molecule has 0 saturated carbocycles. The Bertz CT molecular complexity index is 300. The summed E-state index contributed by atoms with van der Waals surface area (Å²) in [5, 5.41) is 2.85. The number of hydrogen-bond acceptors (Lipinski definition) is 2. The van der Waals surface area contributed by atoms with E-state index in [2.05, 4.69) is 26.2 Å². The Morgan fingerprint density at radius 1 is 1.50 bits per heavy atom. The molecule has 3 nitrogen and oxygen atoms in total. The Balaban J connectivity index is 2.59. The van der Waals surface area contributed by atoms with E-state index in [9.17, 15) is 4.79 Å². The molecule has 1 heterocycles. The molecule has 0 fully saturated rings. The van der Waals surface area contributed by atoms with E-state index in [1.54, 1.807) is 13.1 Å². The highest BCUT2D eigenvalue weighted by Gasteiger charge is 2.13. The molecule has 2 atom stereocenters. The summed E-state index contributed by atoms with van der Waals surface area (Å²) in [7, 11) is 0. The van der Waals surface area contributed by atoms with Crippen molar-refractivity contribution in [1.82, 2.24) is 10.3 Å². The molecule has 0 radical (unpaired) electrons. The van der Waals surface area contributed by atoms with Gasteiger partial charge in [0.25, 0.3) is 0 Å². The lowest BCUT2D eigenvalue weighted by Gasteiger charge is -2.14. The normalized spacial score (nSPS) is 14.5. The fourth-order valence-electron chi connectivity index (χ4n) is 1.03. The Morgan fingerprint density at radius 2 is 2.21 bits per heavy atom. The Hall–Kier alpha value is -0.900. The number of halogens is 1. The van der Waals surface area contributed by atoms with Crippen LogP contribution in [0, 0.1) is 0 Å². The summed E-state index contributed by atoms with van der Waals surface area (Å²) in [5.41, 5.74) is 0.869. The molecular formula is C10H13BrN2O. The van der Waals surface area contributed by atoms with Crippen molar-refractivity contribution in [1.29, 1.82) is 0 Å². The molecule has 0 bridgehead atoms. The number of nitrogens with zero attached hydrogens (tertiary/aromatic N) is 1. The van der Waals surface area contributed by atoms with Gasteiger partial charge < -0.3 is 5.32 Å². The summed E-state index contributed by atoms with van der Waals surface area (Å²) in [6.45, 7) is 3.70. The van der Waals surface area contributed by atoms with Gasteiger partial charge in [0.15, 0.2) is 0 Å². The fourth-order valence-corrected chi connectivity index (χ4v) is 1.17. The van der Waals surface area contributed by atoms with Crippen LogP contribution >= 0.6 is 15.9 Å². The minimum Gasteiger partial charge on any atom is -0.347 e. The molecule has 0 aliphatic heterocycles. The van der Waals surface area contributed by atoms with Crippen molar-refractivity contribution in [3.05, 3.63) is 30.1 Å². The lowest BCUT2D eigenvalue weighted by molar-refractivity contribution is -0.120. The monoisotopic (exact) mass is 256 g/mol. The maximum atomic E-state index is 11.3. The van der Waals surface area contributed by atoms with Crippen LogP contribution in [-0.4, -0.2) is 15.7 Å². The average molecular weight is 257 g/mol. The molecule has 1 N–H and O–H groups in total. The van der Waals surface area contributed by atoms with Crippen LogP contribution in [-0.2, 0) is 4.79 Å². The van der Waals surface area contributed by atoms with E-state index in [4.69, 9.17) is 0 Å². The zero-order valence-electron chi connectivity index (χ0n) is 8.20. The summed E-state index contributed by atoms with van der Waals surface area (Å²) in [4.78, 5) is 15.3. The number of alkyl halides is 1. The molecule has 0 aliphatic carbocycles. The van der Waals surface area contributed by atoms with Crippen molar-refractivity contribution < 1.29 is 4.79 Å². The Morgan fingerprint density at radius 3 is 2.71 bits per heavy atom. The summed E-state index contributed by atoms with van der Waals surface area (Å²) in [5.74, 6) is -0.0249.